The number of H-pyrrole nitrogens is 1. The van der Waals surface area contributed by atoms with E-state index in [1.807, 2.05) is 44.7 Å². The summed E-state index contributed by atoms with van der Waals surface area (Å²) in [6, 6.07) is 9.76. The number of aromatic nitrogens is 5. The van der Waals surface area contributed by atoms with E-state index < -0.39 is 0 Å². The average Bonchev–Trinajstić information content (AvgIpc) is 4.11. The summed E-state index contributed by atoms with van der Waals surface area (Å²) in [5.41, 5.74) is 6.17. The lowest BCUT2D eigenvalue weighted by Gasteiger charge is -2.48. The quantitative estimate of drug-likeness (QED) is 0.184. The summed E-state index contributed by atoms with van der Waals surface area (Å²) in [5.74, 6) is -0.667. The number of halogens is 2. The predicted molar refractivity (Wildman–Crippen MR) is 264 cm³/mol. The molecule has 6 fully saturated rings. The standard InChI is InChI=1S/C23H31FN6O2.C23H30FN5O.C3H6O2.C2H6/c1-3-32-22(31)30-14-23(15-30)5-4-18(12-23)28-6-8-29(9-7-28)20-11-17(24)13-25-21(20)19-10-16(2)26-27-19;1-26-15-23(16-26)5-3-19(13-23)28-7-9-29(10-8-28)20-12-18(24)14-25-22(20)17-4-6-27(2)21(30)11-17;1-2-5-3-4;1-2/h10-11,13,18H,3-9,12,14-15H2,1-2H3,(H,26,27);4,6,11-12,14,19H,3,5,7-10,13,15-16H2,1-2H3;3H,2H2,1H3;1-2H3. The van der Waals surface area contributed by atoms with Crippen molar-refractivity contribution >= 4 is 23.9 Å². The van der Waals surface area contributed by atoms with E-state index in [1.54, 1.807) is 38.4 Å². The lowest BCUT2D eigenvalue weighted by molar-refractivity contribution is -0.128. The molecule has 69 heavy (non-hydrogen) atoms. The smallest absolute Gasteiger partial charge is 0.409 e. The molecule has 2 aliphatic carbocycles. The van der Waals surface area contributed by atoms with Crippen LogP contribution in [-0.4, -0.2) is 168 Å². The Kier molecular flexibility index (Phi) is 17.1. The zero-order valence-corrected chi connectivity index (χ0v) is 41.8. The Balaban J connectivity index is 0.000000180. The third-order valence-electron chi connectivity index (χ3n) is 14.7. The molecule has 1 amide bonds. The van der Waals surface area contributed by atoms with Crippen LogP contribution in [0.4, 0.5) is 25.0 Å². The van der Waals surface area contributed by atoms with E-state index in [1.165, 1.54) is 62.2 Å². The van der Waals surface area contributed by atoms with Crippen LogP contribution in [0, 0.1) is 29.4 Å². The molecule has 18 heteroatoms. The first-order valence-electron chi connectivity index (χ1n) is 24.9. The molecule has 2 atom stereocenters. The number of amides is 1. The number of likely N-dealkylation sites (tertiary alicyclic amines) is 2. The van der Waals surface area contributed by atoms with Gasteiger partial charge in [-0.25, -0.2) is 18.6 Å². The maximum absolute atomic E-state index is 14.1. The van der Waals surface area contributed by atoms with Crippen LogP contribution in [0.1, 0.15) is 71.9 Å². The normalized spacial score (nSPS) is 21.8. The number of piperazine rings is 2. The molecule has 2 saturated carbocycles. The number of ether oxygens (including phenoxy) is 2. The molecule has 2 unspecified atom stereocenters. The van der Waals surface area contributed by atoms with E-state index in [2.05, 4.69) is 56.4 Å². The highest BCUT2D eigenvalue weighted by molar-refractivity contribution is 5.75. The molecule has 4 saturated heterocycles. The monoisotopic (exact) mass is 958 g/mol. The Labute approximate surface area is 405 Å². The van der Waals surface area contributed by atoms with Gasteiger partial charge >= 0.3 is 6.09 Å². The summed E-state index contributed by atoms with van der Waals surface area (Å²) < 4.78 is 38.9. The Bertz CT molecular complexity index is 2390. The van der Waals surface area contributed by atoms with Gasteiger partial charge in [0.25, 0.3) is 12.0 Å². The van der Waals surface area contributed by atoms with Crippen molar-refractivity contribution in [1.82, 2.24) is 44.3 Å². The van der Waals surface area contributed by atoms with Crippen molar-refractivity contribution in [3.05, 3.63) is 76.6 Å². The van der Waals surface area contributed by atoms with E-state index in [4.69, 9.17) is 4.74 Å². The first-order chi connectivity index (χ1) is 33.3. The highest BCUT2D eigenvalue weighted by Gasteiger charge is 2.51. The third kappa shape index (κ3) is 12.1. The van der Waals surface area contributed by atoms with Gasteiger partial charge in [-0.15, -0.1) is 0 Å². The summed E-state index contributed by atoms with van der Waals surface area (Å²) >= 11 is 0. The molecular formula is C51H73F2N11O5. The number of anilines is 2. The number of rotatable bonds is 9. The van der Waals surface area contributed by atoms with E-state index >= 15 is 0 Å². The van der Waals surface area contributed by atoms with Crippen LogP contribution < -0.4 is 15.4 Å². The zero-order valence-electron chi connectivity index (χ0n) is 41.8. The van der Waals surface area contributed by atoms with Gasteiger partial charge in [0.1, 0.15) is 23.0 Å². The van der Waals surface area contributed by atoms with E-state index in [9.17, 15) is 23.2 Å². The first kappa shape index (κ1) is 51.4. The second kappa shape index (κ2) is 23.0. The lowest BCUT2D eigenvalue weighted by atomic mass is 9.78. The van der Waals surface area contributed by atoms with Crippen LogP contribution in [-0.2, 0) is 21.3 Å². The number of hydrogen-bond acceptors (Lipinski definition) is 13. The lowest BCUT2D eigenvalue weighted by Crippen LogP contribution is -2.58. The summed E-state index contributed by atoms with van der Waals surface area (Å²) in [5, 5.41) is 7.28. The maximum Gasteiger partial charge on any atom is 0.409 e. The zero-order chi connectivity index (χ0) is 49.3. The van der Waals surface area contributed by atoms with Gasteiger partial charge in [0, 0.05) is 139 Å². The maximum atomic E-state index is 14.1. The third-order valence-corrected chi connectivity index (χ3v) is 14.7. The van der Waals surface area contributed by atoms with Gasteiger partial charge in [0.15, 0.2) is 0 Å². The van der Waals surface area contributed by atoms with Crippen molar-refractivity contribution in [2.24, 2.45) is 17.9 Å². The van der Waals surface area contributed by atoms with Crippen LogP contribution in [0.5, 0.6) is 0 Å². The second-order valence-electron chi connectivity index (χ2n) is 19.5. The average molecular weight is 958 g/mol. The SMILES string of the molecule is CC.CCOC(=O)N1CC2(CCC(N3CCN(c4cc(F)cnc4-c4cc(C)[nH]n4)CC3)C2)C1.CCOC=O.CN1CC2(CCC(N3CCN(c4cc(F)cnc4-c4ccn(C)c(=O)c4)CC3)C2)C1. The molecule has 0 radical (unpaired) electrons. The first-order valence-corrected chi connectivity index (χ1v) is 24.9. The molecule has 1 N–H and O–H groups in total. The van der Waals surface area contributed by atoms with Crippen molar-refractivity contribution in [3.8, 4) is 22.6 Å². The number of aryl methyl sites for hydroxylation is 2. The molecule has 4 aliphatic heterocycles. The van der Waals surface area contributed by atoms with Crippen molar-refractivity contribution in [1.29, 1.82) is 0 Å². The summed E-state index contributed by atoms with van der Waals surface area (Å²) in [6.45, 7) is 22.3. The van der Waals surface area contributed by atoms with Crippen LogP contribution in [0.3, 0.4) is 0 Å². The van der Waals surface area contributed by atoms with E-state index in [0.717, 1.165) is 106 Å². The largest absolute Gasteiger partial charge is 0.468 e. The minimum absolute atomic E-state index is 0.0915. The van der Waals surface area contributed by atoms with Crippen LogP contribution in [0.25, 0.3) is 22.6 Å². The molecule has 10 rings (SSSR count). The molecule has 4 aromatic rings. The predicted octanol–water partition coefficient (Wildman–Crippen LogP) is 6.45. The fourth-order valence-corrected chi connectivity index (χ4v) is 11.5. The van der Waals surface area contributed by atoms with Crippen molar-refractivity contribution in [2.75, 3.05) is 109 Å². The molecule has 8 heterocycles. The summed E-state index contributed by atoms with van der Waals surface area (Å²) in [7, 11) is 3.93. The molecule has 376 valence electrons. The number of hydrogen-bond donors (Lipinski definition) is 1. The van der Waals surface area contributed by atoms with E-state index in [0.29, 0.717) is 42.9 Å². The number of nitrogens with one attached hydrogen (secondary N) is 1. The van der Waals surface area contributed by atoms with Gasteiger partial charge in [-0.2, -0.15) is 5.10 Å². The molecule has 6 aliphatic rings. The van der Waals surface area contributed by atoms with E-state index in [-0.39, 0.29) is 28.7 Å². The van der Waals surface area contributed by atoms with Gasteiger partial charge < -0.3 is 33.6 Å². The second-order valence-corrected chi connectivity index (χ2v) is 19.5. The molecule has 4 aromatic heterocycles. The van der Waals surface area contributed by atoms with Crippen LogP contribution in [0.15, 0.2) is 53.7 Å². The van der Waals surface area contributed by atoms with Gasteiger partial charge in [-0.3, -0.25) is 29.5 Å². The number of aromatic amines is 1. The Morgan fingerprint density at radius 1 is 0.783 bits per heavy atom. The highest BCUT2D eigenvalue weighted by atomic mass is 19.1. The van der Waals surface area contributed by atoms with Crippen molar-refractivity contribution < 1.29 is 27.8 Å². The van der Waals surface area contributed by atoms with Crippen molar-refractivity contribution in [3.63, 3.8) is 0 Å². The van der Waals surface area contributed by atoms with Crippen LogP contribution in [0.2, 0.25) is 0 Å². The number of nitrogens with zero attached hydrogens (tertiary/aromatic N) is 10. The molecular weight excluding hydrogens is 885 g/mol. The van der Waals surface area contributed by atoms with Gasteiger partial charge in [0.05, 0.1) is 42.7 Å². The minimum Gasteiger partial charge on any atom is -0.468 e. The molecule has 16 nitrogen and oxygen atoms in total. The highest BCUT2D eigenvalue weighted by Crippen LogP contribution is 2.48. The minimum atomic E-state index is -0.341. The topological polar surface area (TPSA) is 148 Å². The van der Waals surface area contributed by atoms with Gasteiger partial charge in [-0.05, 0) is 83.9 Å². The number of carbonyl (C=O) groups is 2. The molecule has 0 aromatic carbocycles. The number of carbonyl (C=O) groups excluding carboxylic acids is 2. The van der Waals surface area contributed by atoms with Gasteiger partial charge in [-0.1, -0.05) is 13.8 Å². The number of pyridine rings is 3. The Morgan fingerprint density at radius 3 is 1.78 bits per heavy atom. The van der Waals surface area contributed by atoms with Crippen LogP contribution >= 0.6 is 0 Å². The Hall–Kier alpha value is -5.46. The fraction of sp³-hybridized carbons (Fsp3) is 0.608. The van der Waals surface area contributed by atoms with Crippen molar-refractivity contribution in [2.45, 2.75) is 85.2 Å². The molecule has 2 spiro atoms. The fourth-order valence-electron chi connectivity index (χ4n) is 11.5. The Morgan fingerprint density at radius 2 is 1.32 bits per heavy atom. The summed E-state index contributed by atoms with van der Waals surface area (Å²) in [4.78, 5) is 55.8. The molecule has 0 bridgehead atoms. The van der Waals surface area contributed by atoms with Gasteiger partial charge in [0.2, 0.25) is 0 Å². The summed E-state index contributed by atoms with van der Waals surface area (Å²) in [6.07, 6.45) is 11.5.